The van der Waals surface area contributed by atoms with E-state index in [1.807, 2.05) is 60.7 Å². The fourth-order valence-electron chi connectivity index (χ4n) is 2.28. The number of benzene rings is 2. The van der Waals surface area contributed by atoms with Crippen molar-refractivity contribution < 1.29 is 5.11 Å². The van der Waals surface area contributed by atoms with Crippen LogP contribution in [-0.4, -0.2) is 23.1 Å². The van der Waals surface area contributed by atoms with Crippen LogP contribution < -0.4 is 5.73 Å². The van der Waals surface area contributed by atoms with E-state index in [2.05, 4.69) is 0 Å². The number of hydrogen-bond acceptors (Lipinski definition) is 2. The first-order valence-electron chi connectivity index (χ1n) is 6.33. The molecule has 2 nitrogen and oxygen atoms in total. The zero-order valence-corrected chi connectivity index (χ0v) is 11.4. The van der Waals surface area contributed by atoms with E-state index >= 15 is 0 Å². The molecule has 2 aromatic rings. The highest BCUT2D eigenvalue weighted by Gasteiger charge is 2.26. The molecule has 100 valence electrons. The molecule has 2 rings (SSSR count). The van der Waals surface area contributed by atoms with Crippen LogP contribution in [0.15, 0.2) is 60.7 Å². The predicted octanol–water partition coefficient (Wildman–Crippen LogP) is 2.75. The van der Waals surface area contributed by atoms with Gasteiger partial charge in [0.05, 0.1) is 6.10 Å². The molecule has 2 aromatic carbocycles. The largest absolute Gasteiger partial charge is 0.390 e. The Labute approximate surface area is 118 Å². The minimum Gasteiger partial charge on any atom is -0.390 e. The number of halogens is 1. The number of aliphatic hydroxyl groups excluding tert-OH is 1. The van der Waals surface area contributed by atoms with E-state index in [4.69, 9.17) is 17.3 Å². The van der Waals surface area contributed by atoms with Crippen molar-refractivity contribution in [1.29, 1.82) is 0 Å². The lowest BCUT2D eigenvalue weighted by molar-refractivity contribution is 0.159. The molecule has 0 bridgehead atoms. The molecule has 0 aliphatic carbocycles. The third-order valence-corrected chi connectivity index (χ3v) is 3.62. The van der Waals surface area contributed by atoms with E-state index < -0.39 is 12.1 Å². The zero-order valence-electron chi connectivity index (χ0n) is 10.6. The summed E-state index contributed by atoms with van der Waals surface area (Å²) in [6.45, 7) is 0. The van der Waals surface area contributed by atoms with Crippen molar-refractivity contribution in [3.05, 3.63) is 71.8 Å². The van der Waals surface area contributed by atoms with Gasteiger partial charge in [-0.2, -0.15) is 0 Å². The van der Waals surface area contributed by atoms with Crippen LogP contribution in [0.25, 0.3) is 0 Å². The van der Waals surface area contributed by atoms with Gasteiger partial charge >= 0.3 is 0 Å². The predicted molar refractivity (Wildman–Crippen MR) is 79.4 cm³/mol. The molecule has 0 aliphatic heterocycles. The maximum atomic E-state index is 9.96. The molecule has 0 radical (unpaired) electrons. The molecule has 2 atom stereocenters. The van der Waals surface area contributed by atoms with Crippen molar-refractivity contribution in [3.8, 4) is 0 Å². The molecule has 0 saturated carbocycles. The summed E-state index contributed by atoms with van der Waals surface area (Å²) >= 11 is 5.74. The van der Waals surface area contributed by atoms with E-state index in [1.165, 1.54) is 0 Å². The van der Waals surface area contributed by atoms with Crippen molar-refractivity contribution in [3.63, 3.8) is 0 Å². The van der Waals surface area contributed by atoms with Crippen LogP contribution in [0, 0.1) is 0 Å². The molecule has 0 amide bonds. The van der Waals surface area contributed by atoms with E-state index in [1.54, 1.807) is 0 Å². The molecule has 3 heteroatoms. The number of alkyl halides is 1. The summed E-state index contributed by atoms with van der Waals surface area (Å²) < 4.78 is 0. The Morgan fingerprint density at radius 1 is 0.895 bits per heavy atom. The van der Waals surface area contributed by atoms with E-state index in [0.29, 0.717) is 0 Å². The normalized spacial score (nSPS) is 14.3. The summed E-state index contributed by atoms with van der Waals surface area (Å²) in [5.41, 5.74) is 8.38. The van der Waals surface area contributed by atoms with Gasteiger partial charge in [0.2, 0.25) is 0 Å². The SMILES string of the molecule is NC(C(O)CCl)C(c1ccccc1)c1ccccc1. The molecule has 0 aliphatic rings. The topological polar surface area (TPSA) is 46.2 Å². The van der Waals surface area contributed by atoms with Gasteiger partial charge in [0.15, 0.2) is 0 Å². The average Bonchev–Trinajstić information content (AvgIpc) is 2.49. The maximum Gasteiger partial charge on any atom is 0.0835 e. The van der Waals surface area contributed by atoms with Gasteiger partial charge in [-0.1, -0.05) is 60.7 Å². The Bertz CT molecular complexity index is 449. The molecular formula is C16H18ClNO. The van der Waals surface area contributed by atoms with Gasteiger partial charge in [-0.25, -0.2) is 0 Å². The van der Waals surface area contributed by atoms with Crippen molar-refractivity contribution in [1.82, 2.24) is 0 Å². The molecule has 0 aromatic heterocycles. The van der Waals surface area contributed by atoms with Crippen molar-refractivity contribution in [2.75, 3.05) is 5.88 Å². The fraction of sp³-hybridized carbons (Fsp3) is 0.250. The van der Waals surface area contributed by atoms with E-state index in [-0.39, 0.29) is 11.8 Å². The highest BCUT2D eigenvalue weighted by atomic mass is 35.5. The quantitative estimate of drug-likeness (QED) is 0.824. The van der Waals surface area contributed by atoms with Crippen molar-refractivity contribution in [2.24, 2.45) is 5.73 Å². The summed E-state index contributed by atoms with van der Waals surface area (Å²) in [6.07, 6.45) is -0.730. The Morgan fingerprint density at radius 3 is 1.68 bits per heavy atom. The highest BCUT2D eigenvalue weighted by molar-refractivity contribution is 6.18. The second kappa shape index (κ2) is 6.71. The first-order valence-corrected chi connectivity index (χ1v) is 6.87. The van der Waals surface area contributed by atoms with E-state index in [9.17, 15) is 5.11 Å². The molecule has 3 N–H and O–H groups in total. The number of nitrogens with two attached hydrogens (primary N) is 1. The zero-order chi connectivity index (χ0) is 13.7. The van der Waals surface area contributed by atoms with Gasteiger partial charge in [0.1, 0.15) is 0 Å². The third kappa shape index (κ3) is 3.35. The monoisotopic (exact) mass is 275 g/mol. The molecule has 0 fully saturated rings. The summed E-state index contributed by atoms with van der Waals surface area (Å²) in [5.74, 6) is 0.0771. The summed E-state index contributed by atoms with van der Waals surface area (Å²) in [4.78, 5) is 0. The minimum absolute atomic E-state index is 0.0591. The van der Waals surface area contributed by atoms with E-state index in [0.717, 1.165) is 11.1 Å². The third-order valence-electron chi connectivity index (χ3n) is 3.30. The summed E-state index contributed by atoms with van der Waals surface area (Å²) in [5, 5.41) is 9.96. The molecule has 0 spiro atoms. The number of hydrogen-bond donors (Lipinski definition) is 2. The smallest absolute Gasteiger partial charge is 0.0835 e. The Hall–Kier alpha value is -1.35. The Balaban J connectivity index is 2.40. The molecule has 19 heavy (non-hydrogen) atoms. The van der Waals surface area contributed by atoms with Crippen LogP contribution in [-0.2, 0) is 0 Å². The van der Waals surface area contributed by atoms with Crippen LogP contribution in [0.5, 0.6) is 0 Å². The first kappa shape index (κ1) is 14.1. The lowest BCUT2D eigenvalue weighted by Crippen LogP contribution is -2.41. The van der Waals surface area contributed by atoms with Crippen LogP contribution in [0.2, 0.25) is 0 Å². The van der Waals surface area contributed by atoms with Crippen molar-refractivity contribution >= 4 is 11.6 Å². The maximum absolute atomic E-state index is 9.96. The standard InChI is InChI=1S/C16H18ClNO/c17-11-14(19)16(18)15(12-7-3-1-4-8-12)13-9-5-2-6-10-13/h1-10,14-16,19H,11,18H2. The molecule has 0 heterocycles. The minimum atomic E-state index is -0.730. The van der Waals surface area contributed by atoms with Gasteiger partial charge in [0.25, 0.3) is 0 Å². The second-order valence-electron chi connectivity index (χ2n) is 4.60. The van der Waals surface area contributed by atoms with Crippen LogP contribution in [0.4, 0.5) is 0 Å². The lowest BCUT2D eigenvalue weighted by Gasteiger charge is -2.27. The average molecular weight is 276 g/mol. The molecule has 0 saturated heterocycles. The number of rotatable bonds is 5. The Morgan fingerprint density at radius 2 is 1.32 bits per heavy atom. The van der Waals surface area contributed by atoms with Gasteiger partial charge < -0.3 is 10.8 Å². The lowest BCUT2D eigenvalue weighted by atomic mass is 9.83. The van der Waals surface area contributed by atoms with Gasteiger partial charge in [-0.15, -0.1) is 11.6 Å². The van der Waals surface area contributed by atoms with Gasteiger partial charge in [-0.3, -0.25) is 0 Å². The molecular weight excluding hydrogens is 258 g/mol. The summed E-state index contributed by atoms with van der Waals surface area (Å²) in [7, 11) is 0. The Kier molecular flexibility index (Phi) is 4.97. The van der Waals surface area contributed by atoms with Crippen molar-refractivity contribution in [2.45, 2.75) is 18.1 Å². The van der Waals surface area contributed by atoms with Crippen LogP contribution in [0.3, 0.4) is 0 Å². The fourth-order valence-corrected chi connectivity index (χ4v) is 2.49. The summed E-state index contributed by atoms with van der Waals surface area (Å²) in [6, 6.07) is 19.5. The second-order valence-corrected chi connectivity index (χ2v) is 4.91. The highest BCUT2D eigenvalue weighted by Crippen LogP contribution is 2.28. The van der Waals surface area contributed by atoms with Crippen LogP contribution >= 0.6 is 11.6 Å². The van der Waals surface area contributed by atoms with Crippen LogP contribution in [0.1, 0.15) is 17.0 Å². The van der Waals surface area contributed by atoms with Gasteiger partial charge in [0, 0.05) is 17.8 Å². The first-order chi connectivity index (χ1) is 9.24. The van der Waals surface area contributed by atoms with Gasteiger partial charge in [-0.05, 0) is 11.1 Å². The molecule has 2 unspecified atom stereocenters. The number of aliphatic hydroxyl groups is 1.